The van der Waals surface area contributed by atoms with Gasteiger partial charge in [-0.15, -0.1) is 0 Å². The molecular formula is C31H42O13. The maximum Gasteiger partial charge on any atom is 0.342 e. The van der Waals surface area contributed by atoms with Crippen LogP contribution in [0.15, 0.2) is 35.4 Å². The van der Waals surface area contributed by atoms with Gasteiger partial charge in [-0.2, -0.15) is 0 Å². The number of esters is 4. The molecule has 0 radical (unpaired) electrons. The van der Waals surface area contributed by atoms with Crippen molar-refractivity contribution in [2.24, 2.45) is 0 Å². The Morgan fingerprint density at radius 3 is 1.84 bits per heavy atom. The Hall–Kier alpha value is -4.10. The van der Waals surface area contributed by atoms with Gasteiger partial charge in [0.2, 0.25) is 12.5 Å². The molecule has 13 heteroatoms. The molecule has 0 unspecified atom stereocenters. The lowest BCUT2D eigenvalue weighted by atomic mass is 9.98. The number of fused-ring (bicyclic) bond motifs is 1. The van der Waals surface area contributed by atoms with Crippen molar-refractivity contribution >= 4 is 23.9 Å². The summed E-state index contributed by atoms with van der Waals surface area (Å²) >= 11 is 0. The van der Waals surface area contributed by atoms with Crippen molar-refractivity contribution in [1.82, 2.24) is 0 Å². The minimum absolute atomic E-state index is 0.0508. The number of benzene rings is 1. The van der Waals surface area contributed by atoms with Gasteiger partial charge in [-0.05, 0) is 74.4 Å². The Morgan fingerprint density at radius 1 is 0.818 bits per heavy atom. The first-order valence-corrected chi connectivity index (χ1v) is 13.9. The number of hydrogen-bond acceptors (Lipinski definition) is 13. The van der Waals surface area contributed by atoms with Gasteiger partial charge in [-0.3, -0.25) is 0 Å². The van der Waals surface area contributed by atoms with E-state index in [1.54, 1.807) is 32.9 Å². The second-order valence-electron chi connectivity index (χ2n) is 10.7. The van der Waals surface area contributed by atoms with Gasteiger partial charge in [0.25, 0.3) is 0 Å². The molecule has 244 valence electrons. The first-order valence-electron chi connectivity index (χ1n) is 13.9. The van der Waals surface area contributed by atoms with Crippen molar-refractivity contribution in [3.05, 3.63) is 41.0 Å². The molecule has 0 aromatic heterocycles. The molecule has 13 nitrogen and oxygen atoms in total. The molecule has 0 fully saturated rings. The summed E-state index contributed by atoms with van der Waals surface area (Å²) in [5, 5.41) is 21.8. The summed E-state index contributed by atoms with van der Waals surface area (Å²) in [5.41, 5.74) is -3.86. The van der Waals surface area contributed by atoms with Crippen LogP contribution in [0.5, 0.6) is 17.2 Å². The third-order valence-corrected chi connectivity index (χ3v) is 7.45. The molecule has 0 spiro atoms. The fraction of sp³-hybridized carbons (Fsp3) is 0.548. The molecule has 6 atom stereocenters. The Kier molecular flexibility index (Phi) is 12.0. The van der Waals surface area contributed by atoms with Crippen LogP contribution >= 0.6 is 0 Å². The van der Waals surface area contributed by atoms with E-state index in [-0.39, 0.29) is 18.1 Å². The number of allylic oxidation sites excluding steroid dienone is 2. The maximum atomic E-state index is 13.2. The van der Waals surface area contributed by atoms with Gasteiger partial charge >= 0.3 is 23.9 Å². The maximum absolute atomic E-state index is 13.2. The summed E-state index contributed by atoms with van der Waals surface area (Å²) in [7, 11) is 1.42. The van der Waals surface area contributed by atoms with Crippen LogP contribution in [-0.4, -0.2) is 77.5 Å². The van der Waals surface area contributed by atoms with Crippen molar-refractivity contribution in [1.29, 1.82) is 0 Å². The lowest BCUT2D eigenvalue weighted by Crippen LogP contribution is -2.54. The third-order valence-electron chi connectivity index (χ3n) is 7.45. The van der Waals surface area contributed by atoms with E-state index in [4.69, 9.17) is 33.2 Å². The van der Waals surface area contributed by atoms with Crippen LogP contribution in [0.3, 0.4) is 0 Å². The van der Waals surface area contributed by atoms with Crippen LogP contribution in [0.1, 0.15) is 74.0 Å². The van der Waals surface area contributed by atoms with E-state index in [2.05, 4.69) is 0 Å². The predicted octanol–water partition coefficient (Wildman–Crippen LogP) is 3.24. The monoisotopic (exact) mass is 622 g/mol. The normalized spacial score (nSPS) is 18.5. The molecule has 0 amide bonds. The van der Waals surface area contributed by atoms with Gasteiger partial charge in [0, 0.05) is 16.7 Å². The number of methoxy groups -OCH3 is 1. The van der Waals surface area contributed by atoms with E-state index < -0.39 is 59.5 Å². The zero-order valence-electron chi connectivity index (χ0n) is 26.7. The van der Waals surface area contributed by atoms with Crippen LogP contribution in [0.4, 0.5) is 0 Å². The zero-order valence-corrected chi connectivity index (χ0v) is 26.7. The van der Waals surface area contributed by atoms with E-state index in [1.165, 1.54) is 46.9 Å². The van der Waals surface area contributed by atoms with Crippen molar-refractivity contribution in [3.8, 4) is 17.2 Å². The summed E-state index contributed by atoms with van der Waals surface area (Å²) < 4.78 is 37.9. The molecule has 0 aliphatic carbocycles. The summed E-state index contributed by atoms with van der Waals surface area (Å²) in [5.74, 6) is -2.94. The Labute approximate surface area is 256 Å². The molecule has 2 N–H and O–H groups in total. The summed E-state index contributed by atoms with van der Waals surface area (Å²) in [6.45, 7) is 12.4. The van der Waals surface area contributed by atoms with Gasteiger partial charge in [0.05, 0.1) is 7.11 Å². The topological polar surface area (TPSA) is 173 Å². The quantitative estimate of drug-likeness (QED) is 0.187. The van der Waals surface area contributed by atoms with Gasteiger partial charge < -0.3 is 43.4 Å². The molecule has 0 saturated carbocycles. The van der Waals surface area contributed by atoms with Gasteiger partial charge in [-0.25, -0.2) is 19.2 Å². The molecular weight excluding hydrogens is 580 g/mol. The SMILES string of the molecule is CC=C(C)C(=O)O[C@@H](C)[C@](C)(O)C(=O)O[C@@H](C)[C@](C)(O)C(=O)O[C@H](C)[C@@H](OC(=O)C(C)=CC)c1cc(OC)c2c(c1)OCO2. The molecule has 1 heterocycles. The lowest BCUT2D eigenvalue weighted by Gasteiger charge is -2.34. The van der Waals surface area contributed by atoms with E-state index >= 15 is 0 Å². The number of hydrogen-bond donors (Lipinski definition) is 2. The average molecular weight is 623 g/mol. The first kappa shape index (κ1) is 36.1. The van der Waals surface area contributed by atoms with Gasteiger partial charge in [-0.1, -0.05) is 12.2 Å². The summed E-state index contributed by atoms with van der Waals surface area (Å²) in [6.07, 6.45) is -2.21. The summed E-state index contributed by atoms with van der Waals surface area (Å²) in [4.78, 5) is 50.9. The highest BCUT2D eigenvalue weighted by molar-refractivity contribution is 5.89. The van der Waals surface area contributed by atoms with E-state index in [1.807, 2.05) is 0 Å². The van der Waals surface area contributed by atoms with Crippen molar-refractivity contribution < 1.29 is 62.5 Å². The molecule has 1 aliphatic heterocycles. The van der Waals surface area contributed by atoms with Crippen LogP contribution in [0.2, 0.25) is 0 Å². The largest absolute Gasteiger partial charge is 0.493 e. The molecule has 44 heavy (non-hydrogen) atoms. The lowest BCUT2D eigenvalue weighted by molar-refractivity contribution is -0.204. The average Bonchev–Trinajstić information content (AvgIpc) is 3.46. The van der Waals surface area contributed by atoms with E-state index in [0.29, 0.717) is 22.6 Å². The van der Waals surface area contributed by atoms with Crippen molar-refractivity contribution in [3.63, 3.8) is 0 Å². The standard InChI is InChI=1S/C31H42O13/c1-11-16(3)26(32)42-19(6)30(8,36)29(35)43-20(7)31(9,37)28(34)41-18(5)24(44-27(33)17(4)12-2)21-13-22(38-10)25-23(14-21)39-15-40-25/h11-14,18-20,24,36-37H,15H2,1-10H3/t18-,19+,20+,24-,30+,31+/m1/s1. The smallest absolute Gasteiger partial charge is 0.342 e. The van der Waals surface area contributed by atoms with Gasteiger partial charge in [0.15, 0.2) is 28.8 Å². The fourth-order valence-electron chi connectivity index (χ4n) is 3.64. The molecule has 0 saturated heterocycles. The molecule has 2 rings (SSSR count). The van der Waals surface area contributed by atoms with Crippen molar-refractivity contribution in [2.45, 2.75) is 97.9 Å². The van der Waals surface area contributed by atoms with Crippen LogP contribution < -0.4 is 14.2 Å². The number of ether oxygens (including phenoxy) is 7. The zero-order chi connectivity index (χ0) is 33.6. The highest BCUT2D eigenvalue weighted by Gasteiger charge is 2.47. The molecule has 0 bridgehead atoms. The fourth-order valence-corrected chi connectivity index (χ4v) is 3.64. The number of rotatable bonds is 13. The van der Waals surface area contributed by atoms with Crippen LogP contribution in [-0.2, 0) is 38.1 Å². The Balaban J connectivity index is 2.26. The second kappa shape index (κ2) is 14.6. The number of aliphatic hydroxyl groups is 2. The number of carbonyl (C=O) groups excluding carboxylic acids is 4. The molecule has 1 aliphatic rings. The van der Waals surface area contributed by atoms with E-state index in [9.17, 15) is 29.4 Å². The van der Waals surface area contributed by atoms with Crippen LogP contribution in [0, 0.1) is 0 Å². The van der Waals surface area contributed by atoms with E-state index in [0.717, 1.165) is 13.8 Å². The Bertz CT molecular complexity index is 1310. The third kappa shape index (κ3) is 8.08. The van der Waals surface area contributed by atoms with Gasteiger partial charge in [0.1, 0.15) is 18.3 Å². The highest BCUT2D eigenvalue weighted by Crippen LogP contribution is 2.44. The Morgan fingerprint density at radius 2 is 1.32 bits per heavy atom. The first-order chi connectivity index (χ1) is 20.4. The second-order valence-corrected chi connectivity index (χ2v) is 10.7. The van der Waals surface area contributed by atoms with Crippen molar-refractivity contribution in [2.75, 3.05) is 13.9 Å². The minimum Gasteiger partial charge on any atom is -0.493 e. The number of carbonyl (C=O) groups is 4. The minimum atomic E-state index is -2.43. The predicted molar refractivity (Wildman–Crippen MR) is 155 cm³/mol. The van der Waals surface area contributed by atoms with Crippen LogP contribution in [0.25, 0.3) is 0 Å². The molecule has 1 aromatic rings. The summed E-state index contributed by atoms with van der Waals surface area (Å²) in [6, 6.07) is 3.09. The highest BCUT2D eigenvalue weighted by atomic mass is 16.7. The molecule has 1 aromatic carbocycles.